The molecular weight excluding hydrogens is 228 g/mol. The van der Waals surface area contributed by atoms with Crippen molar-refractivity contribution in [3.05, 3.63) is 52.9 Å². The van der Waals surface area contributed by atoms with Gasteiger partial charge in [0.15, 0.2) is 0 Å². The van der Waals surface area contributed by atoms with E-state index in [4.69, 9.17) is 4.52 Å². The molecule has 18 heavy (non-hydrogen) atoms. The van der Waals surface area contributed by atoms with Gasteiger partial charge in [-0.2, -0.15) is 0 Å². The van der Waals surface area contributed by atoms with Crippen LogP contribution in [0.4, 0.5) is 0 Å². The van der Waals surface area contributed by atoms with Gasteiger partial charge in [-0.05, 0) is 25.0 Å². The summed E-state index contributed by atoms with van der Waals surface area (Å²) in [6.07, 6.45) is 1.51. The van der Waals surface area contributed by atoms with Crippen LogP contribution >= 0.6 is 0 Å². The maximum absolute atomic E-state index is 11.7. The zero-order valence-corrected chi connectivity index (χ0v) is 10.6. The van der Waals surface area contributed by atoms with Crippen LogP contribution in [0.15, 0.2) is 34.9 Å². The average molecular weight is 244 g/mol. The van der Waals surface area contributed by atoms with Crippen LogP contribution in [0.3, 0.4) is 0 Å². The van der Waals surface area contributed by atoms with Crippen molar-refractivity contribution in [3.63, 3.8) is 0 Å². The standard InChI is InChI=1S/C14H16N2O2/c1-10-9-12(18-16-10)8-7-11-5-3-4-6-13(11)14(17)15-2/h3-6,9H,7-8H2,1-2H3,(H,15,17). The Kier molecular flexibility index (Phi) is 3.77. The Hall–Kier alpha value is -2.10. The van der Waals surface area contributed by atoms with Gasteiger partial charge < -0.3 is 9.84 Å². The summed E-state index contributed by atoms with van der Waals surface area (Å²) in [5.74, 6) is 0.790. The third kappa shape index (κ3) is 2.77. The second kappa shape index (κ2) is 5.49. The van der Waals surface area contributed by atoms with Crippen molar-refractivity contribution in [1.29, 1.82) is 0 Å². The fraction of sp³-hybridized carbons (Fsp3) is 0.286. The van der Waals surface area contributed by atoms with E-state index in [1.807, 2.05) is 37.3 Å². The van der Waals surface area contributed by atoms with Crippen molar-refractivity contribution in [2.75, 3.05) is 7.05 Å². The second-order valence-corrected chi connectivity index (χ2v) is 4.17. The van der Waals surface area contributed by atoms with Gasteiger partial charge in [-0.25, -0.2) is 0 Å². The van der Waals surface area contributed by atoms with Crippen molar-refractivity contribution in [2.24, 2.45) is 0 Å². The van der Waals surface area contributed by atoms with Crippen molar-refractivity contribution >= 4 is 5.91 Å². The summed E-state index contributed by atoms with van der Waals surface area (Å²) in [5.41, 5.74) is 2.62. The van der Waals surface area contributed by atoms with Crippen LogP contribution in [0.1, 0.15) is 27.4 Å². The van der Waals surface area contributed by atoms with Crippen LogP contribution < -0.4 is 5.32 Å². The molecule has 0 aliphatic carbocycles. The molecule has 0 aliphatic heterocycles. The van der Waals surface area contributed by atoms with Gasteiger partial charge in [-0.1, -0.05) is 23.4 Å². The zero-order valence-electron chi connectivity index (χ0n) is 10.6. The van der Waals surface area contributed by atoms with E-state index in [0.29, 0.717) is 0 Å². The number of carbonyl (C=O) groups excluding carboxylic acids is 1. The van der Waals surface area contributed by atoms with Crippen LogP contribution in [0, 0.1) is 6.92 Å². The highest BCUT2D eigenvalue weighted by Crippen LogP contribution is 2.13. The van der Waals surface area contributed by atoms with Crippen LogP contribution in [-0.2, 0) is 12.8 Å². The molecule has 1 heterocycles. The van der Waals surface area contributed by atoms with Crippen LogP contribution in [0.5, 0.6) is 0 Å². The summed E-state index contributed by atoms with van der Waals surface area (Å²) >= 11 is 0. The van der Waals surface area contributed by atoms with Gasteiger partial charge in [0, 0.05) is 25.1 Å². The van der Waals surface area contributed by atoms with E-state index < -0.39 is 0 Å². The van der Waals surface area contributed by atoms with E-state index in [1.165, 1.54) is 0 Å². The molecule has 1 aromatic heterocycles. The molecule has 0 saturated carbocycles. The lowest BCUT2D eigenvalue weighted by atomic mass is 10.0. The Balaban J connectivity index is 2.11. The largest absolute Gasteiger partial charge is 0.361 e. The number of amides is 1. The highest BCUT2D eigenvalue weighted by Gasteiger charge is 2.10. The van der Waals surface area contributed by atoms with Gasteiger partial charge in [0.2, 0.25) is 0 Å². The first kappa shape index (κ1) is 12.4. The lowest BCUT2D eigenvalue weighted by Crippen LogP contribution is -2.19. The fourth-order valence-electron chi connectivity index (χ4n) is 1.89. The summed E-state index contributed by atoms with van der Waals surface area (Å²) in [6.45, 7) is 1.89. The minimum absolute atomic E-state index is 0.0562. The molecule has 4 nitrogen and oxygen atoms in total. The van der Waals surface area contributed by atoms with E-state index in [-0.39, 0.29) is 5.91 Å². The molecule has 0 unspecified atom stereocenters. The molecule has 0 atom stereocenters. The number of hydrogen-bond acceptors (Lipinski definition) is 3. The molecule has 2 rings (SSSR count). The molecule has 0 fully saturated rings. The number of rotatable bonds is 4. The maximum atomic E-state index is 11.7. The Bertz CT molecular complexity index is 546. The molecular formula is C14H16N2O2. The predicted molar refractivity (Wildman–Crippen MR) is 68.5 cm³/mol. The summed E-state index contributed by atoms with van der Waals surface area (Å²) in [4.78, 5) is 11.7. The van der Waals surface area contributed by atoms with Gasteiger partial charge >= 0.3 is 0 Å². The van der Waals surface area contributed by atoms with Gasteiger partial charge in [0.1, 0.15) is 5.76 Å². The smallest absolute Gasteiger partial charge is 0.251 e. The van der Waals surface area contributed by atoms with Crippen LogP contribution in [0.25, 0.3) is 0 Å². The van der Waals surface area contributed by atoms with Crippen molar-refractivity contribution in [2.45, 2.75) is 19.8 Å². The number of aromatic nitrogens is 1. The highest BCUT2D eigenvalue weighted by atomic mass is 16.5. The highest BCUT2D eigenvalue weighted by molar-refractivity contribution is 5.95. The Morgan fingerprint density at radius 3 is 2.78 bits per heavy atom. The first-order chi connectivity index (χ1) is 8.70. The number of nitrogens with one attached hydrogen (secondary N) is 1. The molecule has 0 saturated heterocycles. The number of carbonyl (C=O) groups is 1. The molecule has 1 aromatic carbocycles. The minimum Gasteiger partial charge on any atom is -0.361 e. The Morgan fingerprint density at radius 2 is 2.11 bits per heavy atom. The van der Waals surface area contributed by atoms with Crippen molar-refractivity contribution in [1.82, 2.24) is 10.5 Å². The topological polar surface area (TPSA) is 55.1 Å². The third-order valence-corrected chi connectivity index (χ3v) is 2.81. The van der Waals surface area contributed by atoms with Crippen molar-refractivity contribution < 1.29 is 9.32 Å². The quantitative estimate of drug-likeness (QED) is 0.896. The first-order valence-electron chi connectivity index (χ1n) is 5.93. The summed E-state index contributed by atoms with van der Waals surface area (Å²) in [7, 11) is 1.64. The lowest BCUT2D eigenvalue weighted by Gasteiger charge is -2.06. The van der Waals surface area contributed by atoms with Crippen molar-refractivity contribution in [3.8, 4) is 0 Å². The van der Waals surface area contributed by atoms with E-state index in [0.717, 1.165) is 35.4 Å². The summed E-state index contributed by atoms with van der Waals surface area (Å²) in [6, 6.07) is 9.52. The SMILES string of the molecule is CNC(=O)c1ccccc1CCc1cc(C)no1. The molecule has 1 N–H and O–H groups in total. The molecule has 0 radical (unpaired) electrons. The molecule has 0 bridgehead atoms. The van der Waals surface area contributed by atoms with E-state index in [1.54, 1.807) is 7.05 Å². The van der Waals surface area contributed by atoms with Gasteiger partial charge in [-0.15, -0.1) is 0 Å². The monoisotopic (exact) mass is 244 g/mol. The minimum atomic E-state index is -0.0562. The summed E-state index contributed by atoms with van der Waals surface area (Å²) in [5, 5.41) is 6.50. The zero-order chi connectivity index (χ0) is 13.0. The van der Waals surface area contributed by atoms with E-state index in [2.05, 4.69) is 10.5 Å². The molecule has 0 spiro atoms. The molecule has 1 amide bonds. The molecule has 4 heteroatoms. The molecule has 0 aliphatic rings. The Labute approximate surface area is 106 Å². The Morgan fingerprint density at radius 1 is 1.33 bits per heavy atom. The predicted octanol–water partition coefficient (Wildman–Crippen LogP) is 2.13. The van der Waals surface area contributed by atoms with E-state index >= 15 is 0 Å². The van der Waals surface area contributed by atoms with E-state index in [9.17, 15) is 4.79 Å². The fourth-order valence-corrected chi connectivity index (χ4v) is 1.89. The summed E-state index contributed by atoms with van der Waals surface area (Å²) < 4.78 is 5.16. The normalized spacial score (nSPS) is 10.3. The second-order valence-electron chi connectivity index (χ2n) is 4.17. The maximum Gasteiger partial charge on any atom is 0.251 e. The average Bonchev–Trinajstić information content (AvgIpc) is 2.81. The van der Waals surface area contributed by atoms with Crippen LogP contribution in [-0.4, -0.2) is 18.1 Å². The number of benzene rings is 1. The third-order valence-electron chi connectivity index (χ3n) is 2.81. The molecule has 94 valence electrons. The number of aryl methyl sites for hydroxylation is 3. The van der Waals surface area contributed by atoms with Gasteiger partial charge in [0.25, 0.3) is 5.91 Å². The lowest BCUT2D eigenvalue weighted by molar-refractivity contribution is 0.0962. The molecule has 2 aromatic rings. The first-order valence-corrected chi connectivity index (χ1v) is 5.93. The number of nitrogens with zero attached hydrogens (tertiary/aromatic N) is 1. The number of hydrogen-bond donors (Lipinski definition) is 1. The van der Waals surface area contributed by atoms with Crippen LogP contribution in [0.2, 0.25) is 0 Å². The van der Waals surface area contributed by atoms with Gasteiger partial charge in [0.05, 0.1) is 5.69 Å². The van der Waals surface area contributed by atoms with Gasteiger partial charge in [-0.3, -0.25) is 4.79 Å².